The summed E-state index contributed by atoms with van der Waals surface area (Å²) in [7, 11) is -3.65. The highest BCUT2D eigenvalue weighted by Gasteiger charge is 2.17. The third-order valence-corrected chi connectivity index (χ3v) is 4.81. The summed E-state index contributed by atoms with van der Waals surface area (Å²) >= 11 is 7.50. The van der Waals surface area contributed by atoms with E-state index >= 15 is 0 Å². The summed E-state index contributed by atoms with van der Waals surface area (Å²) in [5.74, 6) is 0.883. The molecule has 4 nitrogen and oxygen atoms in total. The predicted molar refractivity (Wildman–Crippen MR) is 74.4 cm³/mol. The molecule has 1 rings (SSSR count). The summed E-state index contributed by atoms with van der Waals surface area (Å²) in [6, 6.07) is 6.06. The first-order valence-electron chi connectivity index (χ1n) is 5.19. The molecule has 0 heterocycles. The van der Waals surface area contributed by atoms with Crippen LogP contribution in [0, 0.1) is 11.3 Å². The number of hydrogen-bond acceptors (Lipinski definition) is 4. The van der Waals surface area contributed by atoms with Crippen molar-refractivity contribution in [3.05, 3.63) is 28.8 Å². The van der Waals surface area contributed by atoms with E-state index in [0.717, 1.165) is 12.2 Å². The van der Waals surface area contributed by atoms with Gasteiger partial charge >= 0.3 is 0 Å². The highest BCUT2D eigenvalue weighted by Crippen LogP contribution is 2.22. The Labute approximate surface area is 116 Å². The van der Waals surface area contributed by atoms with Crippen LogP contribution in [0.3, 0.4) is 0 Å². The van der Waals surface area contributed by atoms with Gasteiger partial charge < -0.3 is 0 Å². The molecule has 98 valence electrons. The number of thioether (sulfide) groups is 1. The second kappa shape index (κ2) is 7.00. The SMILES string of the molecule is CSCCCNS(=O)(=O)c1cc(C#N)ccc1Cl. The number of benzene rings is 1. The van der Waals surface area contributed by atoms with Crippen LogP contribution in [0.4, 0.5) is 0 Å². The first-order valence-corrected chi connectivity index (χ1v) is 8.45. The highest BCUT2D eigenvalue weighted by molar-refractivity contribution is 7.98. The molecular weight excluding hydrogens is 292 g/mol. The Morgan fingerprint density at radius 1 is 1.50 bits per heavy atom. The van der Waals surface area contributed by atoms with E-state index in [1.807, 2.05) is 12.3 Å². The van der Waals surface area contributed by atoms with Crippen molar-refractivity contribution in [3.63, 3.8) is 0 Å². The molecular formula is C11H13ClN2O2S2. The summed E-state index contributed by atoms with van der Waals surface area (Å²) in [6.45, 7) is 0.357. The fourth-order valence-corrected chi connectivity index (χ4v) is 3.31. The summed E-state index contributed by atoms with van der Waals surface area (Å²) in [5.41, 5.74) is 0.267. The zero-order valence-corrected chi connectivity index (χ0v) is 12.2. The Morgan fingerprint density at radius 3 is 2.83 bits per heavy atom. The molecule has 0 radical (unpaired) electrons. The molecule has 1 aromatic carbocycles. The van der Waals surface area contributed by atoms with Crippen molar-refractivity contribution in [1.29, 1.82) is 5.26 Å². The molecule has 0 aliphatic carbocycles. The standard InChI is InChI=1S/C11H13ClN2O2S2/c1-17-6-2-5-14-18(15,16)11-7-9(8-13)3-4-10(11)12/h3-4,7,14H,2,5-6H2,1H3. The van der Waals surface area contributed by atoms with Crippen LogP contribution in [-0.2, 0) is 10.0 Å². The topological polar surface area (TPSA) is 70.0 Å². The van der Waals surface area contributed by atoms with Gasteiger partial charge in [0.25, 0.3) is 0 Å². The van der Waals surface area contributed by atoms with Crippen LogP contribution in [0.15, 0.2) is 23.1 Å². The lowest BCUT2D eigenvalue weighted by Gasteiger charge is -2.08. The van der Waals surface area contributed by atoms with Gasteiger partial charge in [-0.2, -0.15) is 17.0 Å². The van der Waals surface area contributed by atoms with E-state index in [2.05, 4.69) is 4.72 Å². The van der Waals surface area contributed by atoms with Crippen molar-refractivity contribution in [2.45, 2.75) is 11.3 Å². The van der Waals surface area contributed by atoms with Gasteiger partial charge in [-0.3, -0.25) is 0 Å². The molecule has 0 spiro atoms. The zero-order chi connectivity index (χ0) is 13.6. The third kappa shape index (κ3) is 4.18. The molecule has 7 heteroatoms. The average molecular weight is 305 g/mol. The maximum atomic E-state index is 12.0. The van der Waals surface area contributed by atoms with Crippen molar-refractivity contribution in [2.75, 3.05) is 18.6 Å². The summed E-state index contributed by atoms with van der Waals surface area (Å²) in [4.78, 5) is -0.0487. The fourth-order valence-electron chi connectivity index (χ4n) is 1.28. The summed E-state index contributed by atoms with van der Waals surface area (Å²) in [6.07, 6.45) is 2.71. The monoisotopic (exact) mass is 304 g/mol. The van der Waals surface area contributed by atoms with Crippen molar-refractivity contribution in [1.82, 2.24) is 4.72 Å². The Morgan fingerprint density at radius 2 is 2.22 bits per heavy atom. The Hall–Kier alpha value is -0.740. The quantitative estimate of drug-likeness (QED) is 0.818. The lowest BCUT2D eigenvalue weighted by atomic mass is 10.2. The van der Waals surface area contributed by atoms with Gasteiger partial charge in [0.2, 0.25) is 10.0 Å². The van der Waals surface area contributed by atoms with Gasteiger partial charge in [0.1, 0.15) is 4.90 Å². The maximum Gasteiger partial charge on any atom is 0.242 e. The van der Waals surface area contributed by atoms with Crippen LogP contribution in [0.1, 0.15) is 12.0 Å². The molecule has 1 aromatic rings. The first kappa shape index (κ1) is 15.3. The molecule has 0 aliphatic heterocycles. The van der Waals surface area contributed by atoms with E-state index in [0.29, 0.717) is 6.54 Å². The number of rotatable bonds is 6. The fraction of sp³-hybridized carbons (Fsp3) is 0.364. The Kier molecular flexibility index (Phi) is 5.96. The Balaban J connectivity index is 2.88. The van der Waals surface area contributed by atoms with Gasteiger partial charge in [-0.05, 0) is 36.6 Å². The molecule has 0 aromatic heterocycles. The largest absolute Gasteiger partial charge is 0.242 e. The van der Waals surface area contributed by atoms with Crippen LogP contribution in [0.2, 0.25) is 5.02 Å². The number of halogens is 1. The van der Waals surface area contributed by atoms with Crippen molar-refractivity contribution < 1.29 is 8.42 Å². The molecule has 0 aliphatic rings. The van der Waals surface area contributed by atoms with Crippen LogP contribution < -0.4 is 4.72 Å². The van der Waals surface area contributed by atoms with Crippen LogP contribution in [0.25, 0.3) is 0 Å². The number of nitrogens with zero attached hydrogens (tertiary/aromatic N) is 1. The van der Waals surface area contributed by atoms with Crippen molar-refractivity contribution in [3.8, 4) is 6.07 Å². The minimum atomic E-state index is -3.65. The van der Waals surface area contributed by atoms with Gasteiger partial charge in [0.05, 0.1) is 16.7 Å². The second-order valence-corrected chi connectivity index (χ2v) is 6.63. The van der Waals surface area contributed by atoms with Crippen LogP contribution in [-0.4, -0.2) is 27.0 Å². The molecule has 0 bridgehead atoms. The van der Waals surface area contributed by atoms with Crippen molar-refractivity contribution >= 4 is 33.4 Å². The zero-order valence-electron chi connectivity index (χ0n) is 9.81. The number of nitriles is 1. The molecule has 0 saturated carbocycles. The maximum absolute atomic E-state index is 12.0. The van der Waals surface area contributed by atoms with E-state index in [-0.39, 0.29) is 15.5 Å². The van der Waals surface area contributed by atoms with Gasteiger partial charge in [-0.1, -0.05) is 11.6 Å². The van der Waals surface area contributed by atoms with Gasteiger partial charge in [0, 0.05) is 6.54 Å². The molecule has 18 heavy (non-hydrogen) atoms. The lowest BCUT2D eigenvalue weighted by molar-refractivity contribution is 0.581. The lowest BCUT2D eigenvalue weighted by Crippen LogP contribution is -2.25. The molecule has 0 amide bonds. The Bertz CT molecular complexity index is 553. The minimum absolute atomic E-state index is 0.0487. The predicted octanol–water partition coefficient (Wildman–Crippen LogP) is 2.24. The minimum Gasteiger partial charge on any atom is -0.211 e. The smallest absolute Gasteiger partial charge is 0.211 e. The van der Waals surface area contributed by atoms with E-state index < -0.39 is 10.0 Å². The van der Waals surface area contributed by atoms with Gasteiger partial charge in [0.15, 0.2) is 0 Å². The number of nitrogens with one attached hydrogen (secondary N) is 1. The summed E-state index contributed by atoms with van der Waals surface area (Å²) < 4.78 is 26.4. The van der Waals surface area contributed by atoms with E-state index in [4.69, 9.17) is 16.9 Å². The third-order valence-electron chi connectivity index (χ3n) is 2.17. The molecule has 1 N–H and O–H groups in total. The molecule has 0 fully saturated rings. The van der Waals surface area contributed by atoms with E-state index in [1.165, 1.54) is 18.2 Å². The van der Waals surface area contributed by atoms with E-state index in [9.17, 15) is 8.42 Å². The van der Waals surface area contributed by atoms with Gasteiger partial charge in [-0.15, -0.1) is 0 Å². The van der Waals surface area contributed by atoms with E-state index in [1.54, 1.807) is 11.8 Å². The number of sulfonamides is 1. The average Bonchev–Trinajstić information content (AvgIpc) is 2.35. The second-order valence-electron chi connectivity index (χ2n) is 3.50. The van der Waals surface area contributed by atoms with Crippen LogP contribution in [0.5, 0.6) is 0 Å². The highest BCUT2D eigenvalue weighted by atomic mass is 35.5. The molecule has 0 atom stereocenters. The van der Waals surface area contributed by atoms with Crippen molar-refractivity contribution in [2.24, 2.45) is 0 Å². The first-order chi connectivity index (χ1) is 8.51. The summed E-state index contributed by atoms with van der Waals surface area (Å²) in [5, 5.41) is 8.87. The van der Waals surface area contributed by atoms with Crippen LogP contribution >= 0.6 is 23.4 Å². The molecule has 0 saturated heterocycles. The van der Waals surface area contributed by atoms with Gasteiger partial charge in [-0.25, -0.2) is 13.1 Å². The normalized spacial score (nSPS) is 11.2. The number of hydrogen-bond donors (Lipinski definition) is 1. The molecule has 0 unspecified atom stereocenters.